The van der Waals surface area contributed by atoms with Crippen molar-refractivity contribution in [1.82, 2.24) is 5.32 Å². The number of rotatable bonds is 7. The molecule has 0 saturated heterocycles. The van der Waals surface area contributed by atoms with Crippen LogP contribution in [0.4, 0.5) is 0 Å². The fourth-order valence-corrected chi connectivity index (χ4v) is 1.71. The second-order valence-corrected chi connectivity index (χ2v) is 4.44. The Morgan fingerprint density at radius 1 is 1.19 bits per heavy atom. The van der Waals surface area contributed by atoms with Crippen molar-refractivity contribution < 1.29 is 5.11 Å². The molecule has 0 aliphatic carbocycles. The SMILES string of the molecule is CCCCCC(C)NCc1ccc(O)cc1. The first-order chi connectivity index (χ1) is 7.72. The maximum atomic E-state index is 9.16. The summed E-state index contributed by atoms with van der Waals surface area (Å²) in [4.78, 5) is 0. The maximum Gasteiger partial charge on any atom is 0.115 e. The molecule has 1 rings (SSSR count). The average molecular weight is 221 g/mol. The van der Waals surface area contributed by atoms with Crippen molar-refractivity contribution in [2.75, 3.05) is 0 Å². The van der Waals surface area contributed by atoms with Gasteiger partial charge in [-0.3, -0.25) is 0 Å². The van der Waals surface area contributed by atoms with E-state index in [0.717, 1.165) is 6.54 Å². The molecule has 90 valence electrons. The minimum Gasteiger partial charge on any atom is -0.508 e. The molecular weight excluding hydrogens is 198 g/mol. The van der Waals surface area contributed by atoms with E-state index >= 15 is 0 Å². The van der Waals surface area contributed by atoms with E-state index in [1.807, 2.05) is 12.1 Å². The lowest BCUT2D eigenvalue weighted by Gasteiger charge is -2.13. The quantitative estimate of drug-likeness (QED) is 0.691. The second-order valence-electron chi connectivity index (χ2n) is 4.44. The van der Waals surface area contributed by atoms with Gasteiger partial charge in [-0.05, 0) is 31.0 Å². The van der Waals surface area contributed by atoms with Crippen LogP contribution in [-0.2, 0) is 6.54 Å². The molecule has 16 heavy (non-hydrogen) atoms. The van der Waals surface area contributed by atoms with Crippen molar-refractivity contribution in [2.24, 2.45) is 0 Å². The highest BCUT2D eigenvalue weighted by Gasteiger charge is 2.01. The zero-order valence-electron chi connectivity index (χ0n) is 10.4. The molecule has 0 aromatic heterocycles. The molecule has 0 spiro atoms. The third kappa shape index (κ3) is 5.17. The highest BCUT2D eigenvalue weighted by Crippen LogP contribution is 2.10. The standard InChI is InChI=1S/C14H23NO/c1-3-4-5-6-12(2)15-11-13-7-9-14(16)10-8-13/h7-10,12,15-16H,3-6,11H2,1-2H3. The minimum atomic E-state index is 0.333. The summed E-state index contributed by atoms with van der Waals surface area (Å²) in [6, 6.07) is 7.96. The monoisotopic (exact) mass is 221 g/mol. The molecule has 2 heteroatoms. The van der Waals surface area contributed by atoms with Gasteiger partial charge in [-0.2, -0.15) is 0 Å². The van der Waals surface area contributed by atoms with E-state index in [1.54, 1.807) is 12.1 Å². The van der Waals surface area contributed by atoms with Crippen LogP contribution in [0.1, 0.15) is 45.1 Å². The van der Waals surface area contributed by atoms with E-state index < -0.39 is 0 Å². The van der Waals surface area contributed by atoms with E-state index in [1.165, 1.54) is 31.2 Å². The summed E-state index contributed by atoms with van der Waals surface area (Å²) >= 11 is 0. The largest absolute Gasteiger partial charge is 0.508 e. The lowest BCUT2D eigenvalue weighted by Crippen LogP contribution is -2.25. The lowest BCUT2D eigenvalue weighted by molar-refractivity contribution is 0.473. The van der Waals surface area contributed by atoms with E-state index in [2.05, 4.69) is 19.2 Å². The number of phenols is 1. The molecule has 1 atom stereocenters. The Kier molecular flexibility index (Phi) is 5.94. The normalized spacial score (nSPS) is 12.6. The van der Waals surface area contributed by atoms with Crippen LogP contribution >= 0.6 is 0 Å². The number of nitrogens with one attached hydrogen (secondary N) is 1. The molecule has 0 heterocycles. The van der Waals surface area contributed by atoms with Crippen LogP contribution < -0.4 is 5.32 Å². The Balaban J connectivity index is 2.20. The number of aromatic hydroxyl groups is 1. The van der Waals surface area contributed by atoms with Crippen molar-refractivity contribution in [2.45, 2.75) is 52.1 Å². The molecule has 0 radical (unpaired) electrons. The number of hydrogen-bond acceptors (Lipinski definition) is 2. The number of benzene rings is 1. The van der Waals surface area contributed by atoms with Crippen LogP contribution in [0.5, 0.6) is 5.75 Å². The smallest absolute Gasteiger partial charge is 0.115 e. The van der Waals surface area contributed by atoms with Crippen LogP contribution in [0.25, 0.3) is 0 Å². The Bertz CT molecular complexity index is 281. The van der Waals surface area contributed by atoms with E-state index in [4.69, 9.17) is 5.11 Å². The molecule has 0 bridgehead atoms. The van der Waals surface area contributed by atoms with Crippen LogP contribution in [0, 0.1) is 0 Å². The maximum absolute atomic E-state index is 9.16. The molecule has 0 fully saturated rings. The summed E-state index contributed by atoms with van der Waals surface area (Å²) in [5.41, 5.74) is 1.22. The first kappa shape index (κ1) is 13.0. The zero-order chi connectivity index (χ0) is 11.8. The number of hydrogen-bond donors (Lipinski definition) is 2. The summed E-state index contributed by atoms with van der Waals surface area (Å²) in [6.45, 7) is 5.35. The van der Waals surface area contributed by atoms with Gasteiger partial charge in [0.05, 0.1) is 0 Å². The van der Waals surface area contributed by atoms with Gasteiger partial charge in [0.15, 0.2) is 0 Å². The third-order valence-corrected chi connectivity index (χ3v) is 2.83. The predicted molar refractivity (Wildman–Crippen MR) is 68.6 cm³/mol. The minimum absolute atomic E-state index is 0.333. The van der Waals surface area contributed by atoms with Crippen LogP contribution in [0.3, 0.4) is 0 Å². The molecule has 2 N–H and O–H groups in total. The second kappa shape index (κ2) is 7.29. The van der Waals surface area contributed by atoms with Crippen molar-refractivity contribution in [3.63, 3.8) is 0 Å². The van der Waals surface area contributed by atoms with E-state index in [-0.39, 0.29) is 0 Å². The number of phenolic OH excluding ortho intramolecular Hbond substituents is 1. The van der Waals surface area contributed by atoms with Crippen molar-refractivity contribution in [3.8, 4) is 5.75 Å². The van der Waals surface area contributed by atoms with Gasteiger partial charge in [-0.15, -0.1) is 0 Å². The first-order valence-corrected chi connectivity index (χ1v) is 6.23. The third-order valence-electron chi connectivity index (χ3n) is 2.83. The first-order valence-electron chi connectivity index (χ1n) is 6.23. The van der Waals surface area contributed by atoms with Crippen molar-refractivity contribution in [1.29, 1.82) is 0 Å². The molecule has 0 aliphatic rings. The Morgan fingerprint density at radius 3 is 2.50 bits per heavy atom. The molecule has 0 amide bonds. The zero-order valence-corrected chi connectivity index (χ0v) is 10.4. The van der Waals surface area contributed by atoms with Crippen LogP contribution in [0.15, 0.2) is 24.3 Å². The molecular formula is C14H23NO. The summed E-state index contributed by atoms with van der Waals surface area (Å²) in [6.07, 6.45) is 5.15. The van der Waals surface area contributed by atoms with Gasteiger partial charge in [0.1, 0.15) is 5.75 Å². The van der Waals surface area contributed by atoms with Gasteiger partial charge < -0.3 is 10.4 Å². The van der Waals surface area contributed by atoms with E-state index in [9.17, 15) is 0 Å². The van der Waals surface area contributed by atoms with Gasteiger partial charge in [0.25, 0.3) is 0 Å². The molecule has 2 nitrogen and oxygen atoms in total. The van der Waals surface area contributed by atoms with Crippen molar-refractivity contribution in [3.05, 3.63) is 29.8 Å². The van der Waals surface area contributed by atoms with Crippen LogP contribution in [0.2, 0.25) is 0 Å². The topological polar surface area (TPSA) is 32.3 Å². The summed E-state index contributed by atoms with van der Waals surface area (Å²) in [5.74, 6) is 0.333. The highest BCUT2D eigenvalue weighted by atomic mass is 16.3. The molecule has 0 aliphatic heterocycles. The predicted octanol–water partition coefficient (Wildman–Crippen LogP) is 3.45. The molecule has 1 aromatic rings. The average Bonchev–Trinajstić information content (AvgIpc) is 2.29. The van der Waals surface area contributed by atoms with E-state index in [0.29, 0.717) is 11.8 Å². The fraction of sp³-hybridized carbons (Fsp3) is 0.571. The Morgan fingerprint density at radius 2 is 1.88 bits per heavy atom. The Labute approximate surface area is 98.7 Å². The van der Waals surface area contributed by atoms with Gasteiger partial charge >= 0.3 is 0 Å². The molecule has 1 unspecified atom stereocenters. The molecule has 1 aromatic carbocycles. The van der Waals surface area contributed by atoms with Gasteiger partial charge in [-0.1, -0.05) is 38.3 Å². The van der Waals surface area contributed by atoms with Gasteiger partial charge in [0.2, 0.25) is 0 Å². The Hall–Kier alpha value is -1.02. The fourth-order valence-electron chi connectivity index (χ4n) is 1.71. The lowest BCUT2D eigenvalue weighted by atomic mass is 10.1. The number of unbranched alkanes of at least 4 members (excludes halogenated alkanes) is 2. The van der Waals surface area contributed by atoms with Crippen molar-refractivity contribution >= 4 is 0 Å². The summed E-state index contributed by atoms with van der Waals surface area (Å²) < 4.78 is 0. The summed E-state index contributed by atoms with van der Waals surface area (Å²) in [5, 5.41) is 12.7. The van der Waals surface area contributed by atoms with Crippen LogP contribution in [-0.4, -0.2) is 11.1 Å². The summed E-state index contributed by atoms with van der Waals surface area (Å²) in [7, 11) is 0. The highest BCUT2D eigenvalue weighted by molar-refractivity contribution is 5.25. The van der Waals surface area contributed by atoms with Gasteiger partial charge in [-0.25, -0.2) is 0 Å². The molecule has 0 saturated carbocycles. The van der Waals surface area contributed by atoms with Gasteiger partial charge in [0, 0.05) is 12.6 Å².